The van der Waals surface area contributed by atoms with Gasteiger partial charge >= 0.3 is 0 Å². The van der Waals surface area contributed by atoms with E-state index in [2.05, 4.69) is 26.0 Å². The van der Waals surface area contributed by atoms with Crippen molar-refractivity contribution in [3.63, 3.8) is 0 Å². The molecule has 0 aliphatic heterocycles. The van der Waals surface area contributed by atoms with E-state index in [-0.39, 0.29) is 6.04 Å². The van der Waals surface area contributed by atoms with Crippen LogP contribution in [0.5, 0.6) is 5.88 Å². The number of fused-ring (bicyclic) bond motifs is 1. The number of rotatable bonds is 3. The Morgan fingerprint density at radius 3 is 3.13 bits per heavy atom. The van der Waals surface area contributed by atoms with Gasteiger partial charge in [0, 0.05) is 12.1 Å². The molecule has 15 heavy (non-hydrogen) atoms. The second kappa shape index (κ2) is 4.16. The molecule has 0 saturated carbocycles. The number of nitrogens with zero attached hydrogens (tertiary/aromatic N) is 3. The highest BCUT2D eigenvalue weighted by molar-refractivity contribution is 9.10. The Kier molecular flexibility index (Phi) is 2.88. The molecule has 0 amide bonds. The Morgan fingerprint density at radius 1 is 1.60 bits per heavy atom. The van der Waals surface area contributed by atoms with E-state index in [1.54, 1.807) is 16.8 Å². The predicted octanol–water partition coefficient (Wildman–Crippen LogP) is 1.22. The Hall–Kier alpha value is -1.14. The molecule has 0 unspecified atom stereocenters. The monoisotopic (exact) mass is 270 g/mol. The average Bonchev–Trinajstić information content (AvgIpc) is 2.57. The zero-order chi connectivity index (χ0) is 10.8. The first-order chi connectivity index (χ1) is 7.16. The van der Waals surface area contributed by atoms with E-state index in [1.165, 1.54) is 0 Å². The van der Waals surface area contributed by atoms with Gasteiger partial charge in [0.05, 0.1) is 6.20 Å². The van der Waals surface area contributed by atoms with Gasteiger partial charge in [-0.05, 0) is 28.9 Å². The number of imidazole rings is 1. The van der Waals surface area contributed by atoms with E-state index < -0.39 is 0 Å². The van der Waals surface area contributed by atoms with E-state index in [1.807, 2.05) is 13.0 Å². The van der Waals surface area contributed by atoms with Gasteiger partial charge in [-0.1, -0.05) is 0 Å². The second-order valence-electron chi connectivity index (χ2n) is 3.31. The molecule has 0 aliphatic carbocycles. The third-order valence-electron chi connectivity index (χ3n) is 1.79. The number of halogens is 1. The van der Waals surface area contributed by atoms with Crippen LogP contribution in [0.15, 0.2) is 22.9 Å². The topological polar surface area (TPSA) is 65.4 Å². The van der Waals surface area contributed by atoms with Crippen LogP contribution in [0.4, 0.5) is 0 Å². The molecule has 0 radical (unpaired) electrons. The van der Waals surface area contributed by atoms with Gasteiger partial charge in [0.1, 0.15) is 11.2 Å². The van der Waals surface area contributed by atoms with Crippen LogP contribution >= 0.6 is 15.9 Å². The van der Waals surface area contributed by atoms with Crippen LogP contribution in [-0.4, -0.2) is 27.2 Å². The molecule has 2 rings (SSSR count). The average molecular weight is 271 g/mol. The van der Waals surface area contributed by atoms with Crippen molar-refractivity contribution in [1.82, 2.24) is 14.6 Å². The van der Waals surface area contributed by atoms with Crippen molar-refractivity contribution in [3.8, 4) is 5.88 Å². The summed E-state index contributed by atoms with van der Waals surface area (Å²) in [6.07, 6.45) is 1.69. The van der Waals surface area contributed by atoms with E-state index >= 15 is 0 Å². The molecule has 0 spiro atoms. The third kappa shape index (κ3) is 2.27. The molecular weight excluding hydrogens is 260 g/mol. The van der Waals surface area contributed by atoms with Crippen molar-refractivity contribution in [2.24, 2.45) is 5.73 Å². The van der Waals surface area contributed by atoms with Crippen LogP contribution in [0.25, 0.3) is 5.65 Å². The molecule has 1 atom stereocenters. The highest BCUT2D eigenvalue weighted by Gasteiger charge is 2.04. The number of hydrogen-bond acceptors (Lipinski definition) is 4. The zero-order valence-corrected chi connectivity index (χ0v) is 9.81. The predicted molar refractivity (Wildman–Crippen MR) is 59.8 cm³/mol. The van der Waals surface area contributed by atoms with Gasteiger partial charge in [0.2, 0.25) is 5.88 Å². The minimum atomic E-state index is -0.00581. The molecule has 80 valence electrons. The van der Waals surface area contributed by atoms with E-state index in [4.69, 9.17) is 10.5 Å². The standard InChI is InChI=1S/C9H11BrN4O/c1-6(11)5-15-9-3-2-8-12-4-7(10)14(8)13-9/h2-4,6H,5,11H2,1H3/t6-/m1/s1. The molecule has 2 N–H and O–H groups in total. The van der Waals surface area contributed by atoms with Crippen molar-refractivity contribution < 1.29 is 4.74 Å². The number of ether oxygens (including phenoxy) is 1. The molecular formula is C9H11BrN4O. The maximum absolute atomic E-state index is 5.58. The lowest BCUT2D eigenvalue weighted by Gasteiger charge is -2.07. The van der Waals surface area contributed by atoms with Crippen LogP contribution < -0.4 is 10.5 Å². The van der Waals surface area contributed by atoms with Crippen molar-refractivity contribution in [3.05, 3.63) is 22.9 Å². The Bertz CT molecular complexity index is 468. The van der Waals surface area contributed by atoms with Gasteiger partial charge in [-0.3, -0.25) is 0 Å². The summed E-state index contributed by atoms with van der Waals surface area (Å²) >= 11 is 3.34. The van der Waals surface area contributed by atoms with Crippen LogP contribution in [0.1, 0.15) is 6.92 Å². The van der Waals surface area contributed by atoms with Crippen molar-refractivity contribution in [1.29, 1.82) is 0 Å². The normalized spacial score (nSPS) is 13.0. The lowest BCUT2D eigenvalue weighted by Crippen LogP contribution is -2.24. The summed E-state index contributed by atoms with van der Waals surface area (Å²) < 4.78 is 7.85. The Labute approximate surface area is 95.4 Å². The summed E-state index contributed by atoms with van der Waals surface area (Å²) in [6, 6.07) is 3.61. The van der Waals surface area contributed by atoms with Gasteiger partial charge in [0.15, 0.2) is 5.65 Å². The van der Waals surface area contributed by atoms with Gasteiger partial charge in [-0.15, -0.1) is 5.10 Å². The van der Waals surface area contributed by atoms with Crippen molar-refractivity contribution in [2.75, 3.05) is 6.61 Å². The Balaban J connectivity index is 2.25. The minimum Gasteiger partial charge on any atom is -0.475 e. The number of hydrogen-bond donors (Lipinski definition) is 1. The van der Waals surface area contributed by atoms with Crippen LogP contribution in [-0.2, 0) is 0 Å². The third-order valence-corrected chi connectivity index (χ3v) is 2.33. The highest BCUT2D eigenvalue weighted by atomic mass is 79.9. The number of nitrogens with two attached hydrogens (primary N) is 1. The molecule has 6 heteroatoms. The fraction of sp³-hybridized carbons (Fsp3) is 0.333. The fourth-order valence-electron chi connectivity index (χ4n) is 1.12. The van der Waals surface area contributed by atoms with E-state index in [0.717, 1.165) is 10.3 Å². The first-order valence-corrected chi connectivity index (χ1v) is 5.35. The van der Waals surface area contributed by atoms with Crippen molar-refractivity contribution in [2.45, 2.75) is 13.0 Å². The molecule has 0 saturated heterocycles. The van der Waals surface area contributed by atoms with Crippen LogP contribution in [0.3, 0.4) is 0 Å². The van der Waals surface area contributed by atoms with Gasteiger partial charge in [0.25, 0.3) is 0 Å². The molecule has 0 bridgehead atoms. The summed E-state index contributed by atoms with van der Waals surface area (Å²) in [6.45, 7) is 2.33. The number of aromatic nitrogens is 3. The summed E-state index contributed by atoms with van der Waals surface area (Å²) in [5.74, 6) is 0.540. The minimum absolute atomic E-state index is 0.00581. The second-order valence-corrected chi connectivity index (χ2v) is 4.12. The smallest absolute Gasteiger partial charge is 0.231 e. The molecule has 0 fully saturated rings. The molecule has 5 nitrogen and oxygen atoms in total. The first-order valence-electron chi connectivity index (χ1n) is 4.55. The summed E-state index contributed by atoms with van der Waals surface area (Å²) in [4.78, 5) is 4.13. The summed E-state index contributed by atoms with van der Waals surface area (Å²) in [5.41, 5.74) is 6.35. The van der Waals surface area contributed by atoms with E-state index in [0.29, 0.717) is 12.5 Å². The zero-order valence-electron chi connectivity index (χ0n) is 8.22. The van der Waals surface area contributed by atoms with Gasteiger partial charge in [-0.2, -0.15) is 0 Å². The molecule has 2 heterocycles. The largest absolute Gasteiger partial charge is 0.475 e. The highest BCUT2D eigenvalue weighted by Crippen LogP contribution is 2.14. The molecule has 2 aromatic rings. The first kappa shape index (κ1) is 10.4. The van der Waals surface area contributed by atoms with Gasteiger partial charge < -0.3 is 10.5 Å². The molecule has 0 aliphatic rings. The maximum Gasteiger partial charge on any atom is 0.231 e. The van der Waals surface area contributed by atoms with E-state index in [9.17, 15) is 0 Å². The molecule has 2 aromatic heterocycles. The molecule has 0 aromatic carbocycles. The fourth-order valence-corrected chi connectivity index (χ4v) is 1.49. The quantitative estimate of drug-likeness (QED) is 0.911. The Morgan fingerprint density at radius 2 is 2.40 bits per heavy atom. The lowest BCUT2D eigenvalue weighted by molar-refractivity contribution is 0.281. The van der Waals surface area contributed by atoms with Crippen molar-refractivity contribution >= 4 is 21.6 Å². The van der Waals surface area contributed by atoms with Gasteiger partial charge in [-0.25, -0.2) is 9.50 Å². The van der Waals surface area contributed by atoms with Crippen LogP contribution in [0, 0.1) is 0 Å². The SMILES string of the molecule is C[C@@H](N)COc1ccc2ncc(Br)n2n1. The lowest BCUT2D eigenvalue weighted by atomic mass is 10.4. The summed E-state index contributed by atoms with van der Waals surface area (Å²) in [7, 11) is 0. The summed E-state index contributed by atoms with van der Waals surface area (Å²) in [5, 5.41) is 4.24. The maximum atomic E-state index is 5.58. The van der Waals surface area contributed by atoms with Crippen LogP contribution in [0.2, 0.25) is 0 Å².